The van der Waals surface area contributed by atoms with Gasteiger partial charge in [-0.05, 0) is 44.6 Å². The van der Waals surface area contributed by atoms with Crippen LogP contribution in [-0.4, -0.2) is 19.5 Å². The zero-order valence-electron chi connectivity index (χ0n) is 9.64. The number of amides is 1. The first-order valence-corrected chi connectivity index (χ1v) is 6.14. The average molecular weight is 285 g/mol. The number of nitrogens with one attached hydrogen (secondary N) is 2. The second kappa shape index (κ2) is 6.66. The lowest BCUT2D eigenvalue weighted by Gasteiger charge is -2.09. The maximum atomic E-state index is 11.6. The Morgan fingerprint density at radius 3 is 2.88 bits per heavy atom. The van der Waals surface area contributed by atoms with Gasteiger partial charge in [-0.2, -0.15) is 0 Å². The first kappa shape index (κ1) is 13.2. The van der Waals surface area contributed by atoms with Crippen molar-refractivity contribution in [2.45, 2.75) is 19.8 Å². The summed E-state index contributed by atoms with van der Waals surface area (Å²) in [6.07, 6.45) is 1.40. The highest BCUT2D eigenvalue weighted by Gasteiger charge is 2.05. The third-order valence-corrected chi connectivity index (χ3v) is 3.23. The molecule has 88 valence electrons. The third-order valence-electron chi connectivity index (χ3n) is 2.37. The highest BCUT2D eigenvalue weighted by Crippen LogP contribution is 2.23. The predicted molar refractivity (Wildman–Crippen MR) is 70.7 cm³/mol. The fourth-order valence-electron chi connectivity index (χ4n) is 1.38. The van der Waals surface area contributed by atoms with Gasteiger partial charge in [0.1, 0.15) is 0 Å². The Labute approximate surface area is 105 Å². The molecular formula is C12H17BrN2O. The van der Waals surface area contributed by atoms with Crippen molar-refractivity contribution in [2.24, 2.45) is 0 Å². The van der Waals surface area contributed by atoms with E-state index in [0.29, 0.717) is 6.42 Å². The van der Waals surface area contributed by atoms with E-state index < -0.39 is 0 Å². The van der Waals surface area contributed by atoms with E-state index in [0.717, 1.165) is 28.7 Å². The van der Waals surface area contributed by atoms with Gasteiger partial charge in [-0.3, -0.25) is 4.79 Å². The highest BCUT2D eigenvalue weighted by atomic mass is 79.9. The van der Waals surface area contributed by atoms with Gasteiger partial charge in [0.15, 0.2) is 0 Å². The molecule has 0 bridgehead atoms. The zero-order chi connectivity index (χ0) is 12.0. The van der Waals surface area contributed by atoms with Crippen molar-refractivity contribution in [3.63, 3.8) is 0 Å². The largest absolute Gasteiger partial charge is 0.326 e. The van der Waals surface area contributed by atoms with Crippen LogP contribution in [0.3, 0.4) is 0 Å². The summed E-state index contributed by atoms with van der Waals surface area (Å²) in [7, 11) is 1.89. The van der Waals surface area contributed by atoms with Gasteiger partial charge in [0, 0.05) is 16.6 Å². The number of rotatable bonds is 5. The number of anilines is 1. The maximum Gasteiger partial charge on any atom is 0.224 e. The summed E-state index contributed by atoms with van der Waals surface area (Å²) in [4.78, 5) is 11.6. The molecule has 0 saturated carbocycles. The van der Waals surface area contributed by atoms with Crippen LogP contribution in [0.5, 0.6) is 0 Å². The van der Waals surface area contributed by atoms with Crippen LogP contribution in [0.2, 0.25) is 0 Å². The fraction of sp³-hybridized carbons (Fsp3) is 0.417. The van der Waals surface area contributed by atoms with Gasteiger partial charge in [0.25, 0.3) is 0 Å². The molecule has 0 heterocycles. The monoisotopic (exact) mass is 284 g/mol. The molecule has 1 rings (SSSR count). The second-order valence-electron chi connectivity index (χ2n) is 3.67. The molecule has 4 heteroatoms. The molecule has 0 radical (unpaired) electrons. The molecule has 0 spiro atoms. The number of hydrogen-bond donors (Lipinski definition) is 2. The molecule has 0 aliphatic rings. The SMILES string of the molecule is CNCCCC(=O)Nc1cccc(Br)c1C. The van der Waals surface area contributed by atoms with Crippen molar-refractivity contribution in [1.29, 1.82) is 0 Å². The smallest absolute Gasteiger partial charge is 0.224 e. The van der Waals surface area contributed by atoms with Gasteiger partial charge in [0.2, 0.25) is 5.91 Å². The lowest BCUT2D eigenvalue weighted by Crippen LogP contribution is -2.15. The first-order chi connectivity index (χ1) is 7.65. The molecule has 0 unspecified atom stereocenters. The van der Waals surface area contributed by atoms with E-state index in [1.54, 1.807) is 0 Å². The Kier molecular flexibility index (Phi) is 5.49. The van der Waals surface area contributed by atoms with E-state index >= 15 is 0 Å². The molecule has 0 atom stereocenters. The molecule has 0 saturated heterocycles. The van der Waals surface area contributed by atoms with E-state index in [9.17, 15) is 4.79 Å². The molecule has 1 amide bonds. The minimum absolute atomic E-state index is 0.0662. The van der Waals surface area contributed by atoms with Crippen LogP contribution in [-0.2, 0) is 4.79 Å². The van der Waals surface area contributed by atoms with Crippen LogP contribution < -0.4 is 10.6 Å². The molecule has 16 heavy (non-hydrogen) atoms. The van der Waals surface area contributed by atoms with Crippen LogP contribution in [0, 0.1) is 6.92 Å². The number of carbonyl (C=O) groups is 1. The van der Waals surface area contributed by atoms with Crippen LogP contribution in [0.4, 0.5) is 5.69 Å². The van der Waals surface area contributed by atoms with E-state index in [1.165, 1.54) is 0 Å². The number of hydrogen-bond acceptors (Lipinski definition) is 2. The van der Waals surface area contributed by atoms with Crippen LogP contribution in [0.25, 0.3) is 0 Å². The molecule has 0 aliphatic heterocycles. The number of carbonyl (C=O) groups excluding carboxylic acids is 1. The lowest BCUT2D eigenvalue weighted by molar-refractivity contribution is -0.116. The highest BCUT2D eigenvalue weighted by molar-refractivity contribution is 9.10. The van der Waals surface area contributed by atoms with Gasteiger partial charge in [-0.25, -0.2) is 0 Å². The summed E-state index contributed by atoms with van der Waals surface area (Å²) in [5.74, 6) is 0.0662. The molecule has 2 N–H and O–H groups in total. The molecule has 0 aromatic heterocycles. The van der Waals surface area contributed by atoms with Crippen molar-refractivity contribution in [2.75, 3.05) is 18.9 Å². The second-order valence-corrected chi connectivity index (χ2v) is 4.52. The molecule has 1 aromatic rings. The standard InChI is InChI=1S/C12H17BrN2O/c1-9-10(13)5-3-6-11(9)15-12(16)7-4-8-14-2/h3,5-6,14H,4,7-8H2,1-2H3,(H,15,16). The van der Waals surface area contributed by atoms with Crippen LogP contribution >= 0.6 is 15.9 Å². The number of benzene rings is 1. The van der Waals surface area contributed by atoms with Gasteiger partial charge < -0.3 is 10.6 Å². The average Bonchev–Trinajstić information content (AvgIpc) is 2.25. The van der Waals surface area contributed by atoms with Gasteiger partial charge in [-0.15, -0.1) is 0 Å². The summed E-state index contributed by atoms with van der Waals surface area (Å²) in [5, 5.41) is 5.93. The minimum atomic E-state index is 0.0662. The summed E-state index contributed by atoms with van der Waals surface area (Å²) in [6, 6.07) is 5.79. The number of halogens is 1. The molecule has 0 fully saturated rings. The first-order valence-electron chi connectivity index (χ1n) is 5.34. The summed E-state index contributed by atoms with van der Waals surface area (Å²) in [5.41, 5.74) is 1.94. The molecular weight excluding hydrogens is 268 g/mol. The molecule has 1 aromatic carbocycles. The van der Waals surface area contributed by atoms with E-state index in [-0.39, 0.29) is 5.91 Å². The van der Waals surface area contributed by atoms with Crippen molar-refractivity contribution >= 4 is 27.5 Å². The molecule has 3 nitrogen and oxygen atoms in total. The Balaban J connectivity index is 2.53. The fourth-order valence-corrected chi connectivity index (χ4v) is 1.75. The van der Waals surface area contributed by atoms with Gasteiger partial charge in [-0.1, -0.05) is 22.0 Å². The van der Waals surface area contributed by atoms with Crippen molar-refractivity contribution in [3.8, 4) is 0 Å². The van der Waals surface area contributed by atoms with Crippen molar-refractivity contribution in [1.82, 2.24) is 5.32 Å². The third kappa shape index (κ3) is 3.94. The Morgan fingerprint density at radius 2 is 2.19 bits per heavy atom. The summed E-state index contributed by atoms with van der Waals surface area (Å²) >= 11 is 3.44. The zero-order valence-corrected chi connectivity index (χ0v) is 11.2. The summed E-state index contributed by atoms with van der Waals surface area (Å²) in [6.45, 7) is 2.85. The predicted octanol–water partition coefficient (Wildman–Crippen LogP) is 2.70. The van der Waals surface area contributed by atoms with E-state index in [2.05, 4.69) is 26.6 Å². The van der Waals surface area contributed by atoms with Crippen molar-refractivity contribution < 1.29 is 4.79 Å². The maximum absolute atomic E-state index is 11.6. The van der Waals surface area contributed by atoms with Crippen LogP contribution in [0.1, 0.15) is 18.4 Å². The van der Waals surface area contributed by atoms with Gasteiger partial charge >= 0.3 is 0 Å². The topological polar surface area (TPSA) is 41.1 Å². The summed E-state index contributed by atoms with van der Waals surface area (Å²) < 4.78 is 1.01. The van der Waals surface area contributed by atoms with Crippen LogP contribution in [0.15, 0.2) is 22.7 Å². The Morgan fingerprint density at radius 1 is 1.44 bits per heavy atom. The Hall–Kier alpha value is -0.870. The van der Waals surface area contributed by atoms with Gasteiger partial charge in [0.05, 0.1) is 0 Å². The Bertz CT molecular complexity index is 366. The van der Waals surface area contributed by atoms with Crippen molar-refractivity contribution in [3.05, 3.63) is 28.2 Å². The van der Waals surface area contributed by atoms with E-state index in [1.807, 2.05) is 32.2 Å². The minimum Gasteiger partial charge on any atom is -0.326 e. The lowest BCUT2D eigenvalue weighted by atomic mass is 10.2. The van der Waals surface area contributed by atoms with E-state index in [4.69, 9.17) is 0 Å². The quantitative estimate of drug-likeness (QED) is 0.817. The normalized spacial score (nSPS) is 10.2. The molecule has 0 aliphatic carbocycles.